The van der Waals surface area contributed by atoms with Gasteiger partial charge in [-0.05, 0) is 55.5 Å². The minimum atomic E-state index is 0.0605. The summed E-state index contributed by atoms with van der Waals surface area (Å²) in [6, 6.07) is 6.92. The van der Waals surface area contributed by atoms with Crippen molar-refractivity contribution >= 4 is 0 Å². The zero-order valence-corrected chi connectivity index (χ0v) is 12.9. The average molecular weight is 293 g/mol. The molecule has 1 aromatic rings. The first-order chi connectivity index (χ1) is 10.3. The maximum absolute atomic E-state index is 8.63. The standard InChI is InChI=1S/C17H27NO3/c1-2-8-18-17-5-3-4-14-13-15(6-7-16(14)17)21-12-11-20-10-9-19/h6-7,13,17-19H,2-5,8-12H2,1H3. The Morgan fingerprint density at radius 3 is 3.00 bits per heavy atom. The molecule has 0 saturated carbocycles. The van der Waals surface area contributed by atoms with Gasteiger partial charge in [-0.2, -0.15) is 0 Å². The van der Waals surface area contributed by atoms with E-state index in [2.05, 4.69) is 30.4 Å². The molecule has 1 atom stereocenters. The van der Waals surface area contributed by atoms with E-state index in [0.29, 0.717) is 25.9 Å². The van der Waals surface area contributed by atoms with Crippen LogP contribution in [0, 0.1) is 0 Å². The highest BCUT2D eigenvalue weighted by Crippen LogP contribution is 2.32. The molecule has 0 aromatic heterocycles. The van der Waals surface area contributed by atoms with Crippen molar-refractivity contribution in [2.24, 2.45) is 0 Å². The Hall–Kier alpha value is -1.10. The fourth-order valence-electron chi connectivity index (χ4n) is 2.80. The molecule has 1 aliphatic carbocycles. The Kier molecular flexibility index (Phi) is 7.00. The molecule has 4 nitrogen and oxygen atoms in total. The number of hydrogen-bond donors (Lipinski definition) is 2. The van der Waals surface area contributed by atoms with Gasteiger partial charge in [-0.1, -0.05) is 13.0 Å². The second-order valence-electron chi connectivity index (χ2n) is 5.44. The van der Waals surface area contributed by atoms with E-state index in [1.807, 2.05) is 0 Å². The van der Waals surface area contributed by atoms with Crippen LogP contribution >= 0.6 is 0 Å². The molecule has 1 aromatic carbocycles. The molecule has 0 spiro atoms. The lowest BCUT2D eigenvalue weighted by molar-refractivity contribution is 0.0705. The third kappa shape index (κ3) is 4.99. The Morgan fingerprint density at radius 1 is 1.29 bits per heavy atom. The molecule has 1 unspecified atom stereocenters. The summed E-state index contributed by atoms with van der Waals surface area (Å²) < 4.78 is 10.9. The van der Waals surface area contributed by atoms with Gasteiger partial charge in [-0.25, -0.2) is 0 Å². The van der Waals surface area contributed by atoms with Crippen LogP contribution < -0.4 is 10.1 Å². The fraction of sp³-hybridized carbons (Fsp3) is 0.647. The van der Waals surface area contributed by atoms with Crippen LogP contribution in [0.3, 0.4) is 0 Å². The van der Waals surface area contributed by atoms with E-state index in [1.165, 1.54) is 30.4 Å². The highest BCUT2D eigenvalue weighted by molar-refractivity contribution is 5.39. The van der Waals surface area contributed by atoms with E-state index < -0.39 is 0 Å². The van der Waals surface area contributed by atoms with Crippen molar-refractivity contribution in [1.82, 2.24) is 5.32 Å². The second kappa shape index (κ2) is 9.03. The van der Waals surface area contributed by atoms with Crippen LogP contribution in [0.5, 0.6) is 5.75 Å². The van der Waals surface area contributed by atoms with Crippen LogP contribution in [-0.2, 0) is 11.2 Å². The lowest BCUT2D eigenvalue weighted by atomic mass is 9.87. The smallest absolute Gasteiger partial charge is 0.119 e. The first kappa shape index (κ1) is 16.3. The minimum absolute atomic E-state index is 0.0605. The Labute approximate surface area is 127 Å². The van der Waals surface area contributed by atoms with Crippen LogP contribution in [0.25, 0.3) is 0 Å². The van der Waals surface area contributed by atoms with Gasteiger partial charge in [0.25, 0.3) is 0 Å². The molecule has 0 amide bonds. The van der Waals surface area contributed by atoms with Gasteiger partial charge in [0.05, 0.1) is 19.8 Å². The van der Waals surface area contributed by atoms with Gasteiger partial charge in [0.2, 0.25) is 0 Å². The predicted molar refractivity (Wildman–Crippen MR) is 83.8 cm³/mol. The molecular formula is C17H27NO3. The van der Waals surface area contributed by atoms with Crippen molar-refractivity contribution < 1.29 is 14.6 Å². The van der Waals surface area contributed by atoms with Gasteiger partial charge in [-0.3, -0.25) is 0 Å². The maximum Gasteiger partial charge on any atom is 0.119 e. The molecule has 1 aliphatic rings. The van der Waals surface area contributed by atoms with E-state index in [0.717, 1.165) is 18.7 Å². The number of fused-ring (bicyclic) bond motifs is 1. The van der Waals surface area contributed by atoms with E-state index in [9.17, 15) is 0 Å². The number of aliphatic hydroxyl groups is 1. The number of nitrogens with one attached hydrogen (secondary N) is 1. The highest BCUT2D eigenvalue weighted by atomic mass is 16.5. The molecule has 0 heterocycles. The molecular weight excluding hydrogens is 266 g/mol. The second-order valence-corrected chi connectivity index (χ2v) is 5.44. The first-order valence-corrected chi connectivity index (χ1v) is 8.02. The zero-order valence-electron chi connectivity index (χ0n) is 12.9. The van der Waals surface area contributed by atoms with E-state index in [-0.39, 0.29) is 6.61 Å². The van der Waals surface area contributed by atoms with E-state index in [1.54, 1.807) is 0 Å². The van der Waals surface area contributed by atoms with Crippen LogP contribution in [0.1, 0.15) is 43.4 Å². The van der Waals surface area contributed by atoms with Gasteiger partial charge < -0.3 is 19.9 Å². The van der Waals surface area contributed by atoms with Crippen LogP contribution in [-0.4, -0.2) is 38.1 Å². The third-order valence-corrected chi connectivity index (χ3v) is 3.80. The zero-order chi connectivity index (χ0) is 14.9. The van der Waals surface area contributed by atoms with Crippen LogP contribution in [0.2, 0.25) is 0 Å². The molecule has 118 valence electrons. The molecule has 4 heteroatoms. The van der Waals surface area contributed by atoms with Crippen molar-refractivity contribution in [3.05, 3.63) is 29.3 Å². The number of hydrogen-bond acceptors (Lipinski definition) is 4. The summed E-state index contributed by atoms with van der Waals surface area (Å²) in [6.45, 7) is 4.75. The van der Waals surface area contributed by atoms with Crippen molar-refractivity contribution in [2.75, 3.05) is 33.0 Å². The molecule has 0 fully saturated rings. The van der Waals surface area contributed by atoms with Crippen LogP contribution in [0.4, 0.5) is 0 Å². The Morgan fingerprint density at radius 2 is 2.19 bits per heavy atom. The highest BCUT2D eigenvalue weighted by Gasteiger charge is 2.19. The van der Waals surface area contributed by atoms with Gasteiger partial charge >= 0.3 is 0 Å². The number of aliphatic hydroxyl groups excluding tert-OH is 1. The number of ether oxygens (including phenoxy) is 2. The maximum atomic E-state index is 8.63. The van der Waals surface area contributed by atoms with Gasteiger partial charge in [0.15, 0.2) is 0 Å². The summed E-state index contributed by atoms with van der Waals surface area (Å²) in [5.74, 6) is 0.914. The normalized spacial score (nSPS) is 17.5. The predicted octanol–water partition coefficient (Wildman–Crippen LogP) is 2.45. The van der Waals surface area contributed by atoms with E-state index in [4.69, 9.17) is 14.6 Å². The summed E-state index contributed by atoms with van der Waals surface area (Å²) in [7, 11) is 0. The molecule has 0 radical (unpaired) electrons. The van der Waals surface area contributed by atoms with Crippen molar-refractivity contribution in [3.8, 4) is 5.75 Å². The first-order valence-electron chi connectivity index (χ1n) is 8.02. The summed E-state index contributed by atoms with van der Waals surface area (Å²) in [6.07, 6.45) is 4.76. The van der Waals surface area contributed by atoms with Crippen molar-refractivity contribution in [1.29, 1.82) is 0 Å². The molecule has 0 saturated heterocycles. The Bertz CT molecular complexity index is 422. The van der Waals surface area contributed by atoms with Gasteiger partial charge in [0.1, 0.15) is 12.4 Å². The molecule has 0 bridgehead atoms. The largest absolute Gasteiger partial charge is 0.491 e. The minimum Gasteiger partial charge on any atom is -0.491 e. The van der Waals surface area contributed by atoms with Gasteiger partial charge in [-0.15, -0.1) is 0 Å². The third-order valence-electron chi connectivity index (χ3n) is 3.80. The average Bonchev–Trinajstić information content (AvgIpc) is 2.52. The molecule has 2 N–H and O–H groups in total. The summed E-state index contributed by atoms with van der Waals surface area (Å²) in [4.78, 5) is 0. The monoisotopic (exact) mass is 293 g/mol. The van der Waals surface area contributed by atoms with E-state index >= 15 is 0 Å². The lowest BCUT2D eigenvalue weighted by Crippen LogP contribution is -2.25. The lowest BCUT2D eigenvalue weighted by Gasteiger charge is -2.27. The van der Waals surface area contributed by atoms with Crippen molar-refractivity contribution in [2.45, 2.75) is 38.6 Å². The van der Waals surface area contributed by atoms with Crippen LogP contribution in [0.15, 0.2) is 18.2 Å². The summed E-state index contributed by atoms with van der Waals surface area (Å²) in [5.41, 5.74) is 2.84. The molecule has 0 aliphatic heterocycles. The molecule has 2 rings (SSSR count). The van der Waals surface area contributed by atoms with Gasteiger partial charge in [0, 0.05) is 6.04 Å². The quantitative estimate of drug-likeness (QED) is 0.687. The molecule has 21 heavy (non-hydrogen) atoms. The fourth-order valence-corrected chi connectivity index (χ4v) is 2.80. The SMILES string of the molecule is CCCNC1CCCc2cc(OCCOCCO)ccc21. The topological polar surface area (TPSA) is 50.7 Å². The van der Waals surface area contributed by atoms with Crippen molar-refractivity contribution in [3.63, 3.8) is 0 Å². The number of aryl methyl sites for hydroxylation is 1. The summed E-state index contributed by atoms with van der Waals surface area (Å²) >= 11 is 0. The summed E-state index contributed by atoms with van der Waals surface area (Å²) in [5, 5.41) is 12.3. The number of rotatable bonds is 9. The number of benzene rings is 1. The Balaban J connectivity index is 1.89.